The van der Waals surface area contributed by atoms with Crippen LogP contribution in [-0.4, -0.2) is 23.0 Å². The van der Waals surface area contributed by atoms with Crippen molar-refractivity contribution in [1.82, 2.24) is 9.97 Å². The number of fused-ring (bicyclic) bond motifs is 1. The fourth-order valence-electron chi connectivity index (χ4n) is 1.32. The number of H-pyrrole nitrogens is 1. The van der Waals surface area contributed by atoms with Crippen LogP contribution < -0.4 is 10.5 Å². The number of nitrogens with zero attached hydrogens (tertiary/aromatic N) is 1. The van der Waals surface area contributed by atoms with Gasteiger partial charge in [-0.2, -0.15) is 0 Å². The zero-order valence-corrected chi connectivity index (χ0v) is 7.57. The number of hydrogen-bond acceptors (Lipinski definition) is 3. The largest absolute Gasteiger partial charge is 0.494 e. The van der Waals surface area contributed by atoms with Crippen molar-refractivity contribution in [2.75, 3.05) is 7.11 Å². The number of amides is 1. The lowest BCUT2D eigenvalue weighted by Gasteiger charge is -2.02. The Bertz CT molecular complexity index is 490. The summed E-state index contributed by atoms with van der Waals surface area (Å²) >= 11 is 0. The monoisotopic (exact) mass is 191 g/mol. The number of aromatic nitrogens is 2. The van der Waals surface area contributed by atoms with E-state index in [1.807, 2.05) is 0 Å². The normalized spacial score (nSPS) is 10.4. The van der Waals surface area contributed by atoms with E-state index in [4.69, 9.17) is 10.5 Å². The van der Waals surface area contributed by atoms with Crippen molar-refractivity contribution in [1.29, 1.82) is 0 Å². The van der Waals surface area contributed by atoms with Crippen molar-refractivity contribution in [2.45, 2.75) is 0 Å². The lowest BCUT2D eigenvalue weighted by molar-refractivity contribution is 0.1000. The average Bonchev–Trinajstić information content (AvgIpc) is 2.63. The molecule has 72 valence electrons. The van der Waals surface area contributed by atoms with Crippen LogP contribution >= 0.6 is 0 Å². The molecule has 14 heavy (non-hydrogen) atoms. The summed E-state index contributed by atoms with van der Waals surface area (Å²) in [5.41, 5.74) is 6.98. The number of benzene rings is 1. The molecule has 1 heterocycles. The number of methoxy groups -OCH3 is 1. The van der Waals surface area contributed by atoms with Gasteiger partial charge in [0.15, 0.2) is 0 Å². The molecule has 1 aromatic heterocycles. The number of hydrogen-bond donors (Lipinski definition) is 2. The Morgan fingerprint density at radius 2 is 2.36 bits per heavy atom. The molecular weight excluding hydrogens is 182 g/mol. The molecule has 0 spiro atoms. The first-order chi connectivity index (χ1) is 6.72. The van der Waals surface area contributed by atoms with Gasteiger partial charge in [-0.3, -0.25) is 4.79 Å². The van der Waals surface area contributed by atoms with Crippen LogP contribution in [0.25, 0.3) is 11.0 Å². The lowest BCUT2D eigenvalue weighted by atomic mass is 10.2. The van der Waals surface area contributed by atoms with Gasteiger partial charge < -0.3 is 15.5 Å². The molecule has 0 aliphatic heterocycles. The summed E-state index contributed by atoms with van der Waals surface area (Å²) in [5, 5.41) is 0. The number of ether oxygens (including phenoxy) is 1. The van der Waals surface area contributed by atoms with E-state index >= 15 is 0 Å². The molecule has 2 rings (SSSR count). The molecule has 0 bridgehead atoms. The zero-order valence-electron chi connectivity index (χ0n) is 7.57. The second-order valence-electron chi connectivity index (χ2n) is 2.84. The van der Waals surface area contributed by atoms with Crippen molar-refractivity contribution in [2.24, 2.45) is 5.73 Å². The summed E-state index contributed by atoms with van der Waals surface area (Å²) < 4.78 is 5.10. The number of rotatable bonds is 2. The summed E-state index contributed by atoms with van der Waals surface area (Å²) in [4.78, 5) is 17.9. The van der Waals surface area contributed by atoms with Gasteiger partial charge in [0.2, 0.25) is 5.91 Å². The van der Waals surface area contributed by atoms with Gasteiger partial charge in [-0.1, -0.05) is 0 Å². The molecule has 0 aliphatic rings. The van der Waals surface area contributed by atoms with E-state index in [2.05, 4.69) is 9.97 Å². The molecule has 0 saturated carbocycles. The van der Waals surface area contributed by atoms with Gasteiger partial charge in [-0.05, 0) is 12.1 Å². The maximum atomic E-state index is 11.0. The van der Waals surface area contributed by atoms with Crippen LogP contribution in [0, 0.1) is 0 Å². The standard InChI is InChI=1S/C9H9N3O2/c1-14-7-3-5(9(10)13)2-6-8(7)12-4-11-6/h2-4H,1H3,(H2,10,13)(H,11,12). The highest BCUT2D eigenvalue weighted by Gasteiger charge is 2.09. The predicted octanol–water partition coefficient (Wildman–Crippen LogP) is 0.670. The molecule has 5 nitrogen and oxygen atoms in total. The molecule has 0 fully saturated rings. The third-order valence-electron chi connectivity index (χ3n) is 2.00. The summed E-state index contributed by atoms with van der Waals surface area (Å²) in [7, 11) is 1.53. The van der Waals surface area contributed by atoms with Gasteiger partial charge in [0, 0.05) is 5.56 Å². The molecule has 2 aromatic rings. The number of nitrogens with two attached hydrogens (primary N) is 1. The minimum Gasteiger partial charge on any atom is -0.494 e. The molecule has 3 N–H and O–H groups in total. The Kier molecular flexibility index (Phi) is 1.85. The molecule has 0 unspecified atom stereocenters. The topological polar surface area (TPSA) is 81.0 Å². The average molecular weight is 191 g/mol. The van der Waals surface area contributed by atoms with Gasteiger partial charge in [-0.25, -0.2) is 4.98 Å². The minimum atomic E-state index is -0.492. The molecule has 0 aliphatic carbocycles. The highest BCUT2D eigenvalue weighted by molar-refractivity contribution is 5.98. The van der Waals surface area contributed by atoms with Crippen molar-refractivity contribution in [3.63, 3.8) is 0 Å². The van der Waals surface area contributed by atoms with Crippen molar-refractivity contribution in [3.8, 4) is 5.75 Å². The second kappa shape index (κ2) is 3.02. The Morgan fingerprint density at radius 1 is 1.57 bits per heavy atom. The van der Waals surface area contributed by atoms with Gasteiger partial charge in [0.25, 0.3) is 0 Å². The third kappa shape index (κ3) is 1.19. The van der Waals surface area contributed by atoms with Crippen LogP contribution in [0.2, 0.25) is 0 Å². The maximum Gasteiger partial charge on any atom is 0.248 e. The van der Waals surface area contributed by atoms with E-state index in [-0.39, 0.29) is 0 Å². The van der Waals surface area contributed by atoms with Crippen molar-refractivity contribution in [3.05, 3.63) is 24.0 Å². The number of primary amides is 1. The zero-order chi connectivity index (χ0) is 10.1. The summed E-state index contributed by atoms with van der Waals surface area (Å²) in [6, 6.07) is 3.21. The van der Waals surface area contributed by atoms with Crippen LogP contribution in [-0.2, 0) is 0 Å². The third-order valence-corrected chi connectivity index (χ3v) is 2.00. The number of imidazole rings is 1. The van der Waals surface area contributed by atoms with E-state index in [0.717, 1.165) is 5.52 Å². The first kappa shape index (κ1) is 8.55. The summed E-state index contributed by atoms with van der Waals surface area (Å²) in [6.07, 6.45) is 1.54. The Balaban J connectivity index is 2.73. The van der Waals surface area contributed by atoms with E-state index < -0.39 is 5.91 Å². The predicted molar refractivity (Wildman–Crippen MR) is 51.2 cm³/mol. The smallest absolute Gasteiger partial charge is 0.248 e. The van der Waals surface area contributed by atoms with Crippen LogP contribution in [0.4, 0.5) is 0 Å². The Morgan fingerprint density at radius 3 is 3.00 bits per heavy atom. The number of nitrogens with one attached hydrogen (secondary N) is 1. The van der Waals surface area contributed by atoms with Crippen LogP contribution in [0.3, 0.4) is 0 Å². The fraction of sp³-hybridized carbons (Fsp3) is 0.111. The quantitative estimate of drug-likeness (QED) is 0.732. The molecule has 1 aromatic carbocycles. The van der Waals surface area contributed by atoms with E-state index in [0.29, 0.717) is 16.8 Å². The molecule has 1 amide bonds. The second-order valence-corrected chi connectivity index (χ2v) is 2.84. The van der Waals surface area contributed by atoms with Crippen molar-refractivity contribution < 1.29 is 9.53 Å². The van der Waals surface area contributed by atoms with Gasteiger partial charge in [0.1, 0.15) is 11.3 Å². The fourth-order valence-corrected chi connectivity index (χ4v) is 1.32. The number of aromatic amines is 1. The van der Waals surface area contributed by atoms with Crippen molar-refractivity contribution >= 4 is 16.9 Å². The van der Waals surface area contributed by atoms with Crippen LogP contribution in [0.1, 0.15) is 10.4 Å². The number of carbonyl (C=O) groups is 1. The highest BCUT2D eigenvalue weighted by atomic mass is 16.5. The Labute approximate surface area is 79.9 Å². The lowest BCUT2D eigenvalue weighted by Crippen LogP contribution is -2.10. The van der Waals surface area contributed by atoms with Gasteiger partial charge in [0.05, 0.1) is 19.0 Å². The molecule has 0 saturated heterocycles. The Hall–Kier alpha value is -2.04. The molecule has 5 heteroatoms. The van der Waals surface area contributed by atoms with Gasteiger partial charge in [-0.15, -0.1) is 0 Å². The summed E-state index contributed by atoms with van der Waals surface area (Å²) in [6.45, 7) is 0. The SMILES string of the molecule is COc1cc(C(N)=O)cc2nc[nH]c12. The molecule has 0 atom stereocenters. The first-order valence-corrected chi connectivity index (χ1v) is 4.03. The number of carbonyl (C=O) groups excluding carboxylic acids is 1. The summed E-state index contributed by atoms with van der Waals surface area (Å²) in [5.74, 6) is 0.0713. The first-order valence-electron chi connectivity index (χ1n) is 4.03. The van der Waals surface area contributed by atoms with E-state index in [9.17, 15) is 4.79 Å². The maximum absolute atomic E-state index is 11.0. The van der Waals surface area contributed by atoms with Gasteiger partial charge >= 0.3 is 0 Å². The van der Waals surface area contributed by atoms with Crippen LogP contribution in [0.15, 0.2) is 18.5 Å². The van der Waals surface area contributed by atoms with E-state index in [1.165, 1.54) is 13.4 Å². The minimum absolute atomic E-state index is 0.390. The highest BCUT2D eigenvalue weighted by Crippen LogP contribution is 2.24. The molecule has 0 radical (unpaired) electrons. The molecular formula is C9H9N3O2. The van der Waals surface area contributed by atoms with E-state index in [1.54, 1.807) is 12.1 Å². The van der Waals surface area contributed by atoms with Crippen LogP contribution in [0.5, 0.6) is 5.75 Å².